The van der Waals surface area contributed by atoms with E-state index in [0.717, 1.165) is 24.3 Å². The number of piperidine rings is 1. The molecule has 28 heavy (non-hydrogen) atoms. The van der Waals surface area contributed by atoms with Gasteiger partial charge in [-0.05, 0) is 48.8 Å². The van der Waals surface area contributed by atoms with Gasteiger partial charge in [-0.2, -0.15) is 0 Å². The van der Waals surface area contributed by atoms with Gasteiger partial charge in [0, 0.05) is 32.2 Å². The second-order valence-electron chi connectivity index (χ2n) is 8.81. The summed E-state index contributed by atoms with van der Waals surface area (Å²) in [7, 11) is 1.84. The van der Waals surface area contributed by atoms with Gasteiger partial charge in [0.1, 0.15) is 12.4 Å². The Morgan fingerprint density at radius 2 is 1.89 bits per heavy atom. The van der Waals surface area contributed by atoms with Crippen LogP contribution in [0.25, 0.3) is 0 Å². The van der Waals surface area contributed by atoms with Crippen molar-refractivity contribution in [2.24, 2.45) is 4.99 Å². The van der Waals surface area contributed by atoms with Crippen molar-refractivity contribution in [3.8, 4) is 5.75 Å². The molecule has 0 bridgehead atoms. The molecular weight excluding hydrogens is 463 g/mol. The van der Waals surface area contributed by atoms with Crippen molar-refractivity contribution in [1.82, 2.24) is 15.5 Å². The zero-order chi connectivity index (χ0) is 19.3. The molecule has 1 aliphatic carbocycles. The quantitative estimate of drug-likeness (QED) is 0.270. The van der Waals surface area contributed by atoms with E-state index >= 15 is 0 Å². The molecule has 0 radical (unpaired) electrons. The molecule has 2 N–H and O–H groups in total. The van der Waals surface area contributed by atoms with Crippen molar-refractivity contribution in [1.29, 1.82) is 0 Å². The second-order valence-corrected chi connectivity index (χ2v) is 8.81. The van der Waals surface area contributed by atoms with E-state index in [1.807, 2.05) is 13.1 Å². The fraction of sp³-hybridized carbons (Fsp3) is 0.682. The lowest BCUT2D eigenvalue weighted by Gasteiger charge is -2.33. The van der Waals surface area contributed by atoms with Crippen LogP contribution in [0.4, 0.5) is 0 Å². The van der Waals surface area contributed by atoms with Crippen molar-refractivity contribution in [2.75, 3.05) is 33.3 Å². The van der Waals surface area contributed by atoms with Crippen LogP contribution in [0.15, 0.2) is 29.3 Å². The highest BCUT2D eigenvalue weighted by molar-refractivity contribution is 14.0. The normalized spacial score (nSPS) is 19.1. The Balaban J connectivity index is 0.00000280. The first-order valence-corrected chi connectivity index (χ1v) is 10.4. The molecule has 158 valence electrons. The number of ether oxygens (including phenoxy) is 1. The van der Waals surface area contributed by atoms with Crippen LogP contribution in [0.2, 0.25) is 0 Å². The number of aliphatic imine (C=N–C) groups is 1. The Morgan fingerprint density at radius 3 is 2.50 bits per heavy atom. The largest absolute Gasteiger partial charge is 0.492 e. The summed E-state index contributed by atoms with van der Waals surface area (Å²) in [6, 6.07) is 9.80. The molecule has 3 rings (SSSR count). The molecule has 0 aromatic heterocycles. The molecular formula is C22H37IN4O. The second kappa shape index (κ2) is 10.7. The molecule has 1 saturated carbocycles. The maximum absolute atomic E-state index is 5.92. The van der Waals surface area contributed by atoms with Gasteiger partial charge in [0.15, 0.2) is 5.96 Å². The van der Waals surface area contributed by atoms with E-state index in [1.165, 1.54) is 44.3 Å². The minimum atomic E-state index is 0. The van der Waals surface area contributed by atoms with Crippen molar-refractivity contribution in [3.63, 3.8) is 0 Å². The van der Waals surface area contributed by atoms with Crippen LogP contribution in [-0.4, -0.2) is 56.2 Å². The lowest BCUT2D eigenvalue weighted by atomic mass is 9.87. The number of hydrogen-bond donors (Lipinski definition) is 2. The molecule has 0 unspecified atom stereocenters. The average Bonchev–Trinajstić information content (AvgIpc) is 3.49. The van der Waals surface area contributed by atoms with Crippen LogP contribution in [0.3, 0.4) is 0 Å². The van der Waals surface area contributed by atoms with Crippen LogP contribution in [-0.2, 0) is 5.41 Å². The van der Waals surface area contributed by atoms with E-state index in [-0.39, 0.29) is 29.4 Å². The van der Waals surface area contributed by atoms with E-state index in [9.17, 15) is 0 Å². The zero-order valence-electron chi connectivity index (χ0n) is 17.8. The number of rotatable bonds is 6. The van der Waals surface area contributed by atoms with Crippen molar-refractivity contribution in [2.45, 2.75) is 64.0 Å². The number of nitrogens with zero attached hydrogens (tertiary/aromatic N) is 2. The molecule has 1 heterocycles. The summed E-state index contributed by atoms with van der Waals surface area (Å²) in [6.07, 6.45) is 5.21. The Kier molecular flexibility index (Phi) is 8.86. The summed E-state index contributed by atoms with van der Waals surface area (Å²) in [5.74, 6) is 1.81. The van der Waals surface area contributed by atoms with E-state index in [2.05, 4.69) is 59.5 Å². The maximum atomic E-state index is 5.92. The molecule has 1 saturated heterocycles. The highest BCUT2D eigenvalue weighted by Crippen LogP contribution is 2.29. The van der Waals surface area contributed by atoms with E-state index in [0.29, 0.717) is 12.6 Å². The lowest BCUT2D eigenvalue weighted by Crippen LogP contribution is -2.49. The number of hydrogen-bond acceptors (Lipinski definition) is 3. The number of benzene rings is 1. The molecule has 5 nitrogen and oxygen atoms in total. The van der Waals surface area contributed by atoms with Gasteiger partial charge in [-0.3, -0.25) is 4.99 Å². The molecule has 1 aromatic carbocycles. The zero-order valence-corrected chi connectivity index (χ0v) is 20.2. The highest BCUT2D eigenvalue weighted by Gasteiger charge is 2.31. The summed E-state index contributed by atoms with van der Waals surface area (Å²) >= 11 is 0. The van der Waals surface area contributed by atoms with Gasteiger partial charge in [-0.25, -0.2) is 0 Å². The van der Waals surface area contributed by atoms with E-state index < -0.39 is 0 Å². The summed E-state index contributed by atoms with van der Waals surface area (Å²) in [4.78, 5) is 7.01. The van der Waals surface area contributed by atoms with Crippen LogP contribution < -0.4 is 15.4 Å². The number of nitrogens with one attached hydrogen (secondary N) is 2. The van der Waals surface area contributed by atoms with Crippen molar-refractivity contribution in [3.05, 3.63) is 29.8 Å². The molecule has 1 aromatic rings. The first-order valence-electron chi connectivity index (χ1n) is 10.4. The van der Waals surface area contributed by atoms with Crippen LogP contribution >= 0.6 is 24.0 Å². The third-order valence-electron chi connectivity index (χ3n) is 5.52. The van der Waals surface area contributed by atoms with Crippen LogP contribution in [0.5, 0.6) is 5.75 Å². The maximum Gasteiger partial charge on any atom is 0.191 e. The monoisotopic (exact) mass is 500 g/mol. The molecule has 0 amide bonds. The summed E-state index contributed by atoms with van der Waals surface area (Å²) in [5, 5.41) is 6.95. The number of halogens is 1. The third-order valence-corrected chi connectivity index (χ3v) is 5.52. The van der Waals surface area contributed by atoms with Gasteiger partial charge >= 0.3 is 0 Å². The van der Waals surface area contributed by atoms with Gasteiger partial charge in [-0.15, -0.1) is 24.0 Å². The smallest absolute Gasteiger partial charge is 0.191 e. The number of guanidine groups is 1. The molecule has 2 aliphatic rings. The molecule has 0 spiro atoms. The van der Waals surface area contributed by atoms with Gasteiger partial charge in [0.05, 0.1) is 6.54 Å². The predicted molar refractivity (Wildman–Crippen MR) is 128 cm³/mol. The molecule has 1 aliphatic heterocycles. The minimum absolute atomic E-state index is 0. The summed E-state index contributed by atoms with van der Waals surface area (Å²) < 4.78 is 5.92. The Morgan fingerprint density at radius 1 is 1.18 bits per heavy atom. The van der Waals surface area contributed by atoms with Crippen LogP contribution in [0, 0.1) is 0 Å². The molecule has 0 atom stereocenters. The SMILES string of the molecule is CN=C(NCCOc1cccc(C(C)(C)C)c1)NC1CCN(C2CC2)CC1.I. The van der Waals surface area contributed by atoms with Crippen molar-refractivity contribution < 1.29 is 4.74 Å². The Bertz CT molecular complexity index is 632. The van der Waals surface area contributed by atoms with Crippen LogP contribution in [0.1, 0.15) is 52.0 Å². The third kappa shape index (κ3) is 7.10. The molecule has 2 fully saturated rings. The van der Waals surface area contributed by atoms with E-state index in [4.69, 9.17) is 4.74 Å². The summed E-state index contributed by atoms with van der Waals surface area (Å²) in [5.41, 5.74) is 1.43. The minimum Gasteiger partial charge on any atom is -0.492 e. The highest BCUT2D eigenvalue weighted by atomic mass is 127. The van der Waals surface area contributed by atoms with E-state index in [1.54, 1.807) is 0 Å². The van der Waals surface area contributed by atoms with Gasteiger partial charge < -0.3 is 20.3 Å². The predicted octanol–water partition coefficient (Wildman–Crippen LogP) is 3.77. The Hall–Kier alpha value is -1.02. The standard InChI is InChI=1S/C22H36N4O.HI/c1-22(2,3)17-6-5-7-20(16-17)27-15-12-24-21(23-4)25-18-10-13-26(14-11-18)19-8-9-19;/h5-7,16,18-19H,8-15H2,1-4H3,(H2,23,24,25);1H. The Labute approximate surface area is 187 Å². The summed E-state index contributed by atoms with van der Waals surface area (Å²) in [6.45, 7) is 10.4. The first-order chi connectivity index (χ1) is 13.0. The average molecular weight is 500 g/mol. The number of likely N-dealkylation sites (tertiary alicyclic amines) is 1. The van der Waals surface area contributed by atoms with Crippen molar-refractivity contribution >= 4 is 29.9 Å². The van der Waals surface area contributed by atoms with Gasteiger partial charge in [-0.1, -0.05) is 32.9 Å². The van der Waals surface area contributed by atoms with Gasteiger partial charge in [0.25, 0.3) is 0 Å². The van der Waals surface area contributed by atoms with Gasteiger partial charge in [0.2, 0.25) is 0 Å². The fourth-order valence-corrected chi connectivity index (χ4v) is 3.63. The lowest BCUT2D eigenvalue weighted by molar-refractivity contribution is 0.197. The fourth-order valence-electron chi connectivity index (χ4n) is 3.63. The topological polar surface area (TPSA) is 48.9 Å². The molecule has 6 heteroatoms. The first kappa shape index (κ1) is 23.3.